The van der Waals surface area contributed by atoms with Crippen LogP contribution in [0.4, 0.5) is 5.69 Å². The number of aliphatic imine (C=N–C) groups is 1. The second kappa shape index (κ2) is 5.29. The van der Waals surface area contributed by atoms with Crippen LogP contribution in [0.25, 0.3) is 6.08 Å². The number of carbonyl (C=O) groups is 1. The maximum absolute atomic E-state index is 11.8. The molecule has 1 aliphatic heterocycles. The summed E-state index contributed by atoms with van der Waals surface area (Å²) in [6.07, 6.45) is 1.64. The van der Waals surface area contributed by atoms with Crippen LogP contribution in [0.5, 0.6) is 0 Å². The average Bonchev–Trinajstić information content (AvgIpc) is 3.10. The van der Waals surface area contributed by atoms with Crippen molar-refractivity contribution >= 4 is 35.0 Å². The summed E-state index contributed by atoms with van der Waals surface area (Å²) in [6, 6.07) is 9.42. The van der Waals surface area contributed by atoms with Gasteiger partial charge in [-0.15, -0.1) is 11.3 Å². The van der Waals surface area contributed by atoms with Crippen LogP contribution in [0.2, 0.25) is 0 Å². The second-order valence-electron chi connectivity index (χ2n) is 4.16. The summed E-state index contributed by atoms with van der Waals surface area (Å²) in [7, 11) is 0. The van der Waals surface area contributed by atoms with E-state index in [0.29, 0.717) is 5.56 Å². The highest BCUT2D eigenvalue weighted by Crippen LogP contribution is 2.22. The zero-order chi connectivity index (χ0) is 14.8. The molecule has 0 N–H and O–H groups in total. The molecule has 0 saturated carbocycles. The maximum Gasteiger partial charge on any atom is 0.363 e. The fraction of sp³-hybridized carbons (Fsp3) is 0. The molecule has 0 fully saturated rings. The zero-order valence-corrected chi connectivity index (χ0v) is 11.4. The van der Waals surface area contributed by atoms with Gasteiger partial charge in [-0.05, 0) is 29.7 Å². The van der Waals surface area contributed by atoms with Crippen LogP contribution in [0.1, 0.15) is 10.4 Å². The monoisotopic (exact) mass is 300 g/mol. The third-order valence-electron chi connectivity index (χ3n) is 2.77. The molecule has 0 saturated heterocycles. The summed E-state index contributed by atoms with van der Waals surface area (Å²) < 4.78 is 5.09. The van der Waals surface area contributed by atoms with Crippen molar-refractivity contribution < 1.29 is 14.5 Å². The molecule has 1 aliphatic rings. The number of cyclic esters (lactones) is 1. The molecule has 0 bridgehead atoms. The van der Waals surface area contributed by atoms with Crippen molar-refractivity contribution in [3.8, 4) is 0 Å². The predicted molar refractivity (Wildman–Crippen MR) is 78.0 cm³/mol. The van der Waals surface area contributed by atoms with Crippen LogP contribution >= 0.6 is 11.3 Å². The number of thiophene rings is 1. The van der Waals surface area contributed by atoms with Crippen molar-refractivity contribution in [2.45, 2.75) is 0 Å². The van der Waals surface area contributed by atoms with E-state index in [1.54, 1.807) is 6.08 Å². The number of ether oxygens (including phenoxy) is 1. The number of nitro groups is 1. The fourth-order valence-electron chi connectivity index (χ4n) is 1.77. The highest BCUT2D eigenvalue weighted by molar-refractivity contribution is 7.10. The summed E-state index contributed by atoms with van der Waals surface area (Å²) in [5.74, 6) is -0.380. The highest BCUT2D eigenvalue weighted by atomic mass is 32.1. The maximum atomic E-state index is 11.8. The summed E-state index contributed by atoms with van der Waals surface area (Å²) >= 11 is 1.49. The molecule has 104 valence electrons. The topological polar surface area (TPSA) is 81.8 Å². The molecular weight excluding hydrogens is 292 g/mol. The van der Waals surface area contributed by atoms with Crippen molar-refractivity contribution in [2.24, 2.45) is 4.99 Å². The normalized spacial score (nSPS) is 15.9. The van der Waals surface area contributed by atoms with E-state index in [-0.39, 0.29) is 17.3 Å². The first kappa shape index (κ1) is 13.2. The number of carbonyl (C=O) groups excluding carboxylic acids is 1. The quantitative estimate of drug-likeness (QED) is 0.377. The third kappa shape index (κ3) is 2.72. The number of non-ortho nitro benzene ring substituents is 1. The Morgan fingerprint density at radius 2 is 2.00 bits per heavy atom. The van der Waals surface area contributed by atoms with Crippen LogP contribution in [0.15, 0.2) is 52.5 Å². The van der Waals surface area contributed by atoms with Gasteiger partial charge in [-0.3, -0.25) is 10.1 Å². The van der Waals surface area contributed by atoms with E-state index >= 15 is 0 Å². The number of rotatable bonds is 3. The van der Waals surface area contributed by atoms with Crippen molar-refractivity contribution in [1.82, 2.24) is 0 Å². The Labute approximate surface area is 123 Å². The Kier molecular flexibility index (Phi) is 3.33. The third-order valence-corrected chi connectivity index (χ3v) is 3.59. The Morgan fingerprint density at radius 1 is 1.24 bits per heavy atom. The minimum absolute atomic E-state index is 0.0296. The molecule has 0 atom stereocenters. The van der Waals surface area contributed by atoms with Crippen LogP contribution < -0.4 is 0 Å². The van der Waals surface area contributed by atoms with Gasteiger partial charge in [0.25, 0.3) is 5.69 Å². The molecule has 1 aromatic carbocycles. The smallest absolute Gasteiger partial charge is 0.363 e. The lowest BCUT2D eigenvalue weighted by Crippen LogP contribution is -2.05. The van der Waals surface area contributed by atoms with Gasteiger partial charge in [0.2, 0.25) is 5.90 Å². The molecule has 0 radical (unpaired) electrons. The van der Waals surface area contributed by atoms with Crippen molar-refractivity contribution in [2.75, 3.05) is 0 Å². The summed E-state index contributed by atoms with van der Waals surface area (Å²) in [5.41, 5.74) is 0.701. The first-order valence-electron chi connectivity index (χ1n) is 5.94. The Morgan fingerprint density at radius 3 is 2.62 bits per heavy atom. The lowest BCUT2D eigenvalue weighted by atomic mass is 10.2. The number of nitro benzene ring substituents is 1. The Bertz CT molecular complexity index is 761. The number of nitrogens with zero attached hydrogens (tertiary/aromatic N) is 2. The Hall–Kier alpha value is -2.80. The molecule has 0 aliphatic carbocycles. The van der Waals surface area contributed by atoms with Crippen LogP contribution in [0, 0.1) is 10.1 Å². The Balaban J connectivity index is 1.89. The van der Waals surface area contributed by atoms with Crippen molar-refractivity contribution in [3.05, 3.63) is 68.0 Å². The van der Waals surface area contributed by atoms with Crippen molar-refractivity contribution in [3.63, 3.8) is 0 Å². The van der Waals surface area contributed by atoms with E-state index in [1.807, 2.05) is 17.5 Å². The van der Waals surface area contributed by atoms with Crippen molar-refractivity contribution in [1.29, 1.82) is 0 Å². The van der Waals surface area contributed by atoms with Crippen LogP contribution in [0.3, 0.4) is 0 Å². The minimum Gasteiger partial charge on any atom is -0.402 e. The minimum atomic E-state index is -0.531. The van der Waals surface area contributed by atoms with E-state index in [4.69, 9.17) is 4.74 Å². The van der Waals surface area contributed by atoms with Gasteiger partial charge < -0.3 is 4.74 Å². The molecule has 6 nitrogen and oxygen atoms in total. The van der Waals surface area contributed by atoms with Gasteiger partial charge in [0.15, 0.2) is 5.70 Å². The molecular formula is C14H8N2O4S. The van der Waals surface area contributed by atoms with E-state index in [1.165, 1.54) is 35.6 Å². The largest absolute Gasteiger partial charge is 0.402 e. The van der Waals surface area contributed by atoms with E-state index in [9.17, 15) is 14.9 Å². The van der Waals surface area contributed by atoms with E-state index < -0.39 is 10.9 Å². The molecule has 2 heterocycles. The van der Waals surface area contributed by atoms with E-state index in [2.05, 4.69) is 4.99 Å². The van der Waals surface area contributed by atoms with Gasteiger partial charge in [-0.25, -0.2) is 9.79 Å². The van der Waals surface area contributed by atoms with Gasteiger partial charge in [0, 0.05) is 22.6 Å². The van der Waals surface area contributed by atoms with Gasteiger partial charge in [-0.2, -0.15) is 0 Å². The first-order valence-corrected chi connectivity index (χ1v) is 6.82. The van der Waals surface area contributed by atoms with Gasteiger partial charge >= 0.3 is 5.97 Å². The molecule has 0 amide bonds. The number of esters is 1. The second-order valence-corrected chi connectivity index (χ2v) is 5.13. The standard InChI is InChI=1S/C14H8N2O4S/c17-14-12(8-11-2-1-7-21-11)15-13(20-14)9-3-5-10(6-4-9)16(18)19/h1-8H/b12-8+. The number of hydrogen-bond donors (Lipinski definition) is 0. The molecule has 1 aromatic heterocycles. The fourth-order valence-corrected chi connectivity index (χ4v) is 2.42. The molecule has 21 heavy (non-hydrogen) atoms. The molecule has 2 aromatic rings. The molecule has 3 rings (SSSR count). The molecule has 0 unspecified atom stereocenters. The lowest BCUT2D eigenvalue weighted by molar-refractivity contribution is -0.384. The predicted octanol–water partition coefficient (Wildman–Crippen LogP) is 3.00. The first-order chi connectivity index (χ1) is 10.1. The SMILES string of the molecule is O=C1OC(c2ccc([N+](=O)[O-])cc2)=N/C1=C/c1cccs1. The molecule has 0 spiro atoms. The van der Waals surface area contributed by atoms with Gasteiger partial charge in [0.05, 0.1) is 4.92 Å². The van der Waals surface area contributed by atoms with Gasteiger partial charge in [0.1, 0.15) is 0 Å². The number of benzene rings is 1. The zero-order valence-electron chi connectivity index (χ0n) is 10.6. The molecule has 7 heteroatoms. The van der Waals surface area contributed by atoms with Gasteiger partial charge in [-0.1, -0.05) is 6.07 Å². The average molecular weight is 300 g/mol. The van der Waals surface area contributed by atoms with Crippen LogP contribution in [-0.2, 0) is 9.53 Å². The van der Waals surface area contributed by atoms with E-state index in [0.717, 1.165) is 4.88 Å². The summed E-state index contributed by atoms with van der Waals surface area (Å²) in [6.45, 7) is 0. The highest BCUT2D eigenvalue weighted by Gasteiger charge is 2.24. The van der Waals surface area contributed by atoms with Crippen LogP contribution in [-0.4, -0.2) is 16.8 Å². The number of hydrogen-bond acceptors (Lipinski definition) is 6. The summed E-state index contributed by atoms with van der Waals surface area (Å²) in [4.78, 5) is 26.9. The lowest BCUT2D eigenvalue weighted by Gasteiger charge is -1.98. The summed E-state index contributed by atoms with van der Waals surface area (Å²) in [5, 5.41) is 12.5.